The summed E-state index contributed by atoms with van der Waals surface area (Å²) in [5, 5.41) is 8.65. The second kappa shape index (κ2) is 12.2. The fourth-order valence-corrected chi connectivity index (χ4v) is 4.60. The molecule has 0 atom stereocenters. The number of halogens is 3. The fraction of sp³-hybridized carbons (Fsp3) is 0.259. The van der Waals surface area contributed by atoms with Gasteiger partial charge < -0.3 is 19.5 Å². The summed E-state index contributed by atoms with van der Waals surface area (Å²) in [6, 6.07) is 10.9. The van der Waals surface area contributed by atoms with Gasteiger partial charge in [0.2, 0.25) is 0 Å². The highest BCUT2D eigenvalue weighted by atomic mass is 32.1. The van der Waals surface area contributed by atoms with Crippen LogP contribution in [0, 0.1) is 0 Å². The lowest BCUT2D eigenvalue weighted by atomic mass is 10.2. The van der Waals surface area contributed by atoms with Crippen molar-refractivity contribution in [1.29, 1.82) is 0 Å². The van der Waals surface area contributed by atoms with Gasteiger partial charge in [-0.15, -0.1) is 24.5 Å². The molecule has 0 fully saturated rings. The molecule has 0 aliphatic rings. The molecule has 0 unspecified atom stereocenters. The second-order valence-corrected chi connectivity index (χ2v) is 9.24. The number of benzene rings is 2. The predicted molar refractivity (Wildman–Crippen MR) is 143 cm³/mol. The number of esters is 1. The molecule has 210 valence electrons. The molecule has 0 spiro atoms. The minimum atomic E-state index is -4.89. The second-order valence-electron chi connectivity index (χ2n) is 8.36. The summed E-state index contributed by atoms with van der Waals surface area (Å²) in [4.78, 5) is 39.2. The maximum Gasteiger partial charge on any atom is 0.573 e. The molecule has 0 radical (unpaired) electrons. The van der Waals surface area contributed by atoms with E-state index < -0.39 is 29.5 Å². The first-order valence-corrected chi connectivity index (χ1v) is 13.1. The van der Waals surface area contributed by atoms with Gasteiger partial charge in [-0.1, -0.05) is 13.3 Å². The van der Waals surface area contributed by atoms with Gasteiger partial charge in [0.1, 0.15) is 16.5 Å². The summed E-state index contributed by atoms with van der Waals surface area (Å²) in [6.45, 7) is 4.25. The van der Waals surface area contributed by atoms with E-state index in [1.165, 1.54) is 17.5 Å². The van der Waals surface area contributed by atoms with Crippen molar-refractivity contribution in [3.8, 4) is 17.2 Å². The van der Waals surface area contributed by atoms with Crippen molar-refractivity contribution in [2.45, 2.75) is 33.1 Å². The highest BCUT2D eigenvalue weighted by Gasteiger charge is 2.31. The van der Waals surface area contributed by atoms with Gasteiger partial charge in [-0.05, 0) is 61.9 Å². The minimum absolute atomic E-state index is 0.00783. The number of aromatic nitrogens is 2. The van der Waals surface area contributed by atoms with Crippen molar-refractivity contribution in [3.63, 3.8) is 0 Å². The first-order chi connectivity index (χ1) is 19.1. The number of rotatable bonds is 10. The number of unbranched alkanes of at least 4 members (excludes halogenated alkanes) is 1. The Bertz CT molecular complexity index is 1560. The Morgan fingerprint density at radius 3 is 2.33 bits per heavy atom. The van der Waals surface area contributed by atoms with E-state index in [1.807, 2.05) is 0 Å². The molecule has 9 nitrogen and oxygen atoms in total. The van der Waals surface area contributed by atoms with Crippen LogP contribution in [0.25, 0.3) is 16.5 Å². The molecule has 2 heterocycles. The molecule has 0 aliphatic carbocycles. The molecule has 4 aromatic rings. The lowest BCUT2D eigenvalue weighted by molar-refractivity contribution is -0.274. The van der Waals surface area contributed by atoms with Crippen LogP contribution in [-0.4, -0.2) is 41.2 Å². The summed E-state index contributed by atoms with van der Waals surface area (Å²) in [7, 11) is 0. The van der Waals surface area contributed by atoms with Crippen molar-refractivity contribution in [1.82, 2.24) is 9.78 Å². The molecule has 0 aliphatic heterocycles. The third kappa shape index (κ3) is 6.60. The number of amides is 1. The Morgan fingerprint density at radius 1 is 1.02 bits per heavy atom. The van der Waals surface area contributed by atoms with Crippen molar-refractivity contribution in [2.75, 3.05) is 18.5 Å². The Kier molecular flexibility index (Phi) is 8.73. The SMILES string of the molecule is CCCCOc1ccc(C(=O)Nc2scc3c(C(=O)OCC)nn(-c4ccc(OC(F)(F)F)cc4)c(=O)c23)cc1. The van der Waals surface area contributed by atoms with E-state index >= 15 is 0 Å². The highest BCUT2D eigenvalue weighted by molar-refractivity contribution is 7.16. The Labute approximate surface area is 230 Å². The summed E-state index contributed by atoms with van der Waals surface area (Å²) >= 11 is 1.02. The van der Waals surface area contributed by atoms with Crippen molar-refractivity contribution in [2.24, 2.45) is 0 Å². The average Bonchev–Trinajstić information content (AvgIpc) is 3.33. The number of carbonyl (C=O) groups is 2. The molecule has 0 saturated heterocycles. The van der Waals surface area contributed by atoms with E-state index in [-0.39, 0.29) is 33.8 Å². The lowest BCUT2D eigenvalue weighted by Crippen LogP contribution is -2.25. The standard InChI is InChI=1S/C27H24F3N3O6S/c1-3-5-14-38-18-10-6-16(7-11-18)23(34)31-24-21-20(15-40-24)22(26(36)37-4-2)32-33(25(21)35)17-8-12-19(13-9-17)39-27(28,29)30/h6-13,15H,3-5,14H2,1-2H3,(H,31,34). The molecule has 4 rings (SSSR count). The smallest absolute Gasteiger partial charge is 0.494 e. The number of nitrogens with zero attached hydrogens (tertiary/aromatic N) is 2. The van der Waals surface area contributed by atoms with Crippen LogP contribution in [0.1, 0.15) is 47.5 Å². The molecular formula is C27H24F3N3O6S. The third-order valence-electron chi connectivity index (χ3n) is 5.55. The van der Waals surface area contributed by atoms with E-state index in [1.54, 1.807) is 31.2 Å². The number of anilines is 1. The van der Waals surface area contributed by atoms with Crippen LogP contribution in [0.5, 0.6) is 11.5 Å². The van der Waals surface area contributed by atoms with Crippen molar-refractivity contribution < 1.29 is 37.0 Å². The first-order valence-electron chi connectivity index (χ1n) is 12.2. The first kappa shape index (κ1) is 28.6. The van der Waals surface area contributed by atoms with Crippen molar-refractivity contribution >= 4 is 39.0 Å². The zero-order chi connectivity index (χ0) is 28.9. The van der Waals surface area contributed by atoms with Gasteiger partial charge in [0.25, 0.3) is 11.5 Å². The lowest BCUT2D eigenvalue weighted by Gasteiger charge is -2.12. The summed E-state index contributed by atoms with van der Waals surface area (Å²) in [5.74, 6) is -1.20. The van der Waals surface area contributed by atoms with Crippen molar-refractivity contribution in [3.05, 3.63) is 75.5 Å². The molecule has 0 bridgehead atoms. The van der Waals surface area contributed by atoms with Gasteiger partial charge >= 0.3 is 12.3 Å². The van der Waals surface area contributed by atoms with Crippen LogP contribution in [-0.2, 0) is 4.74 Å². The number of alkyl halides is 3. The summed E-state index contributed by atoms with van der Waals surface area (Å²) in [6.07, 6.45) is -3.00. The van der Waals surface area contributed by atoms with Crippen LogP contribution in [0.3, 0.4) is 0 Å². The Morgan fingerprint density at radius 2 is 1.70 bits per heavy atom. The third-order valence-corrected chi connectivity index (χ3v) is 6.44. The van der Waals surface area contributed by atoms with Gasteiger partial charge in [0.05, 0.1) is 24.3 Å². The zero-order valence-electron chi connectivity index (χ0n) is 21.4. The topological polar surface area (TPSA) is 109 Å². The number of nitrogens with one attached hydrogen (secondary N) is 1. The monoisotopic (exact) mass is 575 g/mol. The largest absolute Gasteiger partial charge is 0.573 e. The van der Waals surface area contributed by atoms with Gasteiger partial charge in [0, 0.05) is 16.3 Å². The molecule has 1 N–H and O–H groups in total. The van der Waals surface area contributed by atoms with Gasteiger partial charge in [-0.25, -0.2) is 4.79 Å². The van der Waals surface area contributed by atoms with Crippen LogP contribution >= 0.6 is 11.3 Å². The Hall–Kier alpha value is -4.39. The number of hydrogen-bond acceptors (Lipinski definition) is 8. The van der Waals surface area contributed by atoms with E-state index in [0.29, 0.717) is 17.9 Å². The molecular weight excluding hydrogens is 551 g/mol. The highest BCUT2D eigenvalue weighted by Crippen LogP contribution is 2.31. The number of ether oxygens (including phenoxy) is 3. The molecule has 13 heteroatoms. The summed E-state index contributed by atoms with van der Waals surface area (Å²) < 4.78 is 53.1. The number of thiophene rings is 1. The van der Waals surface area contributed by atoms with Crippen LogP contribution < -0.4 is 20.3 Å². The fourth-order valence-electron chi connectivity index (χ4n) is 3.67. The Balaban J connectivity index is 1.70. The van der Waals surface area contributed by atoms with Crippen LogP contribution in [0.15, 0.2) is 58.7 Å². The van der Waals surface area contributed by atoms with Gasteiger partial charge in [0.15, 0.2) is 5.69 Å². The van der Waals surface area contributed by atoms with Gasteiger partial charge in [-0.2, -0.15) is 9.78 Å². The van der Waals surface area contributed by atoms with Gasteiger partial charge in [-0.3, -0.25) is 9.59 Å². The molecule has 2 aromatic carbocycles. The van der Waals surface area contributed by atoms with E-state index in [2.05, 4.69) is 22.1 Å². The average molecular weight is 576 g/mol. The van der Waals surface area contributed by atoms with E-state index in [4.69, 9.17) is 9.47 Å². The predicted octanol–water partition coefficient (Wildman–Crippen LogP) is 5.95. The maximum atomic E-state index is 13.5. The van der Waals surface area contributed by atoms with E-state index in [0.717, 1.165) is 41.0 Å². The number of hydrogen-bond donors (Lipinski definition) is 1. The quantitative estimate of drug-likeness (QED) is 0.184. The normalized spacial score (nSPS) is 11.3. The van der Waals surface area contributed by atoms with Crippen LogP contribution in [0.2, 0.25) is 0 Å². The molecule has 1 amide bonds. The summed E-state index contributed by atoms with van der Waals surface area (Å²) in [5.41, 5.74) is -0.528. The van der Waals surface area contributed by atoms with Crippen LogP contribution in [0.4, 0.5) is 18.2 Å². The maximum absolute atomic E-state index is 13.5. The molecule has 40 heavy (non-hydrogen) atoms. The number of carbonyl (C=O) groups excluding carboxylic acids is 2. The minimum Gasteiger partial charge on any atom is -0.494 e. The van der Waals surface area contributed by atoms with E-state index in [9.17, 15) is 27.6 Å². The molecule has 0 saturated carbocycles. The zero-order valence-corrected chi connectivity index (χ0v) is 22.2. The molecule has 2 aromatic heterocycles. The number of fused-ring (bicyclic) bond motifs is 1.